The number of aliphatic carboxylic acids is 1. The fourth-order valence-electron chi connectivity index (χ4n) is 1.92. The minimum atomic E-state index is -0.920. The standard InChI is InChI=1S/C10H20N2O2/c1-2-11-6-8-12(9-7-11)5-3-4-10(13)14/h2-9H2,1H3,(H,13,14). The van der Waals surface area contributed by atoms with Crippen LogP contribution in [0.1, 0.15) is 19.8 Å². The van der Waals surface area contributed by atoms with Gasteiger partial charge in [-0.05, 0) is 13.0 Å². The summed E-state index contributed by atoms with van der Waals surface area (Å²) in [6.45, 7) is 8.90. The van der Waals surface area contributed by atoms with Crippen LogP contribution in [0.4, 0.5) is 0 Å². The van der Waals surface area contributed by atoms with E-state index in [1.54, 1.807) is 0 Å². The molecule has 0 aromatic rings. The predicted octanol–water partition coefficient (Wildman–Crippen LogP) is -2.26. The molecule has 0 unspecified atom stereocenters. The number of carbonyl (C=O) groups is 1. The Morgan fingerprint density at radius 2 is 2.07 bits per heavy atom. The Labute approximate surface area is 85.5 Å². The Balaban J connectivity index is 2.07. The molecule has 4 nitrogen and oxygen atoms in total. The molecule has 0 spiro atoms. The maximum absolute atomic E-state index is 10.2. The average molecular weight is 200 g/mol. The van der Waals surface area contributed by atoms with E-state index >= 15 is 0 Å². The van der Waals surface area contributed by atoms with Gasteiger partial charge in [-0.15, -0.1) is 0 Å². The van der Waals surface area contributed by atoms with Crippen LogP contribution in [0.5, 0.6) is 0 Å². The molecule has 1 fully saturated rings. The van der Waals surface area contributed by atoms with Gasteiger partial charge in [0.2, 0.25) is 0 Å². The predicted molar refractivity (Wildman–Crippen MR) is 51.9 cm³/mol. The van der Waals surface area contributed by atoms with Gasteiger partial charge in [0, 0.05) is 25.5 Å². The second kappa shape index (κ2) is 5.98. The molecule has 0 radical (unpaired) electrons. The molecule has 1 N–H and O–H groups in total. The lowest BCUT2D eigenvalue weighted by molar-refractivity contribution is -0.904. The Kier molecular flexibility index (Phi) is 4.90. The van der Waals surface area contributed by atoms with Crippen LogP contribution in [-0.4, -0.2) is 50.1 Å². The lowest BCUT2D eigenvalue weighted by Gasteiger charge is -2.31. The number of nitrogens with one attached hydrogen (secondary N) is 1. The Morgan fingerprint density at radius 1 is 1.43 bits per heavy atom. The molecule has 0 amide bonds. The molecule has 0 aromatic heterocycles. The number of carbonyl (C=O) groups excluding carboxylic acids is 1. The quantitative estimate of drug-likeness (QED) is 0.545. The second-order valence-electron chi connectivity index (χ2n) is 3.91. The first-order valence-corrected chi connectivity index (χ1v) is 5.48. The van der Waals surface area contributed by atoms with Gasteiger partial charge in [-0.25, -0.2) is 0 Å². The van der Waals surface area contributed by atoms with Gasteiger partial charge in [-0.3, -0.25) is 4.90 Å². The molecule has 1 heterocycles. The highest BCUT2D eigenvalue weighted by atomic mass is 16.4. The molecule has 1 aliphatic heterocycles. The van der Waals surface area contributed by atoms with E-state index in [1.165, 1.54) is 4.90 Å². The highest BCUT2D eigenvalue weighted by molar-refractivity contribution is 5.64. The van der Waals surface area contributed by atoms with Crippen molar-refractivity contribution in [2.45, 2.75) is 19.8 Å². The summed E-state index contributed by atoms with van der Waals surface area (Å²) in [6, 6.07) is 0. The smallest absolute Gasteiger partial charge is 0.0900 e. The Bertz CT molecular complexity index is 177. The topological polar surface area (TPSA) is 47.8 Å². The first-order chi connectivity index (χ1) is 6.72. The molecule has 82 valence electrons. The van der Waals surface area contributed by atoms with Gasteiger partial charge in [0.05, 0.1) is 19.6 Å². The zero-order valence-corrected chi connectivity index (χ0v) is 8.92. The van der Waals surface area contributed by atoms with E-state index in [0.717, 1.165) is 45.7 Å². The van der Waals surface area contributed by atoms with E-state index in [4.69, 9.17) is 0 Å². The summed E-state index contributed by atoms with van der Waals surface area (Å²) in [7, 11) is 0. The third-order valence-corrected chi connectivity index (χ3v) is 2.92. The third kappa shape index (κ3) is 4.07. The highest BCUT2D eigenvalue weighted by Gasteiger charge is 2.17. The molecular weight excluding hydrogens is 180 g/mol. The van der Waals surface area contributed by atoms with Crippen molar-refractivity contribution >= 4 is 5.97 Å². The number of carboxylic acid groups (broad SMARTS) is 1. The van der Waals surface area contributed by atoms with Gasteiger partial charge < -0.3 is 14.8 Å². The van der Waals surface area contributed by atoms with Crippen LogP contribution in [-0.2, 0) is 4.79 Å². The lowest BCUT2D eigenvalue weighted by atomic mass is 10.2. The summed E-state index contributed by atoms with van der Waals surface area (Å²) in [4.78, 5) is 14.2. The molecule has 4 heteroatoms. The molecule has 1 rings (SSSR count). The number of piperazine rings is 1. The van der Waals surface area contributed by atoms with Crippen molar-refractivity contribution in [2.24, 2.45) is 0 Å². The van der Waals surface area contributed by atoms with Crippen molar-refractivity contribution in [3.8, 4) is 0 Å². The average Bonchev–Trinajstić information content (AvgIpc) is 2.18. The van der Waals surface area contributed by atoms with E-state index in [-0.39, 0.29) is 6.42 Å². The van der Waals surface area contributed by atoms with Crippen LogP contribution in [0.15, 0.2) is 0 Å². The SMILES string of the molecule is CCN1CC[NH+](CCCC(=O)[O-])CC1. The zero-order valence-electron chi connectivity index (χ0n) is 8.92. The minimum absolute atomic E-state index is 0.209. The zero-order chi connectivity index (χ0) is 10.4. The van der Waals surface area contributed by atoms with Crippen molar-refractivity contribution in [1.29, 1.82) is 0 Å². The summed E-state index contributed by atoms with van der Waals surface area (Å²) < 4.78 is 0. The van der Waals surface area contributed by atoms with Crippen LogP contribution >= 0.6 is 0 Å². The molecule has 14 heavy (non-hydrogen) atoms. The largest absolute Gasteiger partial charge is 0.550 e. The van der Waals surface area contributed by atoms with Crippen molar-refractivity contribution < 1.29 is 14.8 Å². The number of carboxylic acids is 1. The molecule has 0 bridgehead atoms. The van der Waals surface area contributed by atoms with E-state index in [0.29, 0.717) is 0 Å². The number of quaternary nitrogens is 1. The first kappa shape index (κ1) is 11.5. The number of rotatable bonds is 5. The Morgan fingerprint density at radius 3 is 2.57 bits per heavy atom. The first-order valence-electron chi connectivity index (χ1n) is 5.48. The van der Waals surface area contributed by atoms with Crippen LogP contribution in [0, 0.1) is 0 Å². The molecule has 1 aliphatic rings. The van der Waals surface area contributed by atoms with Gasteiger partial charge >= 0.3 is 0 Å². The van der Waals surface area contributed by atoms with E-state index in [2.05, 4.69) is 11.8 Å². The van der Waals surface area contributed by atoms with Crippen molar-refractivity contribution in [1.82, 2.24) is 4.90 Å². The van der Waals surface area contributed by atoms with Gasteiger partial charge in [-0.2, -0.15) is 0 Å². The molecule has 1 saturated heterocycles. The van der Waals surface area contributed by atoms with E-state index in [9.17, 15) is 9.90 Å². The molecule has 0 atom stereocenters. The minimum Gasteiger partial charge on any atom is -0.550 e. The molecule has 0 aromatic carbocycles. The Hall–Kier alpha value is -0.610. The second-order valence-corrected chi connectivity index (χ2v) is 3.91. The van der Waals surface area contributed by atoms with Crippen molar-refractivity contribution in [3.05, 3.63) is 0 Å². The van der Waals surface area contributed by atoms with Crippen LogP contribution in [0.2, 0.25) is 0 Å². The summed E-state index contributed by atoms with van der Waals surface area (Å²) in [5.74, 6) is -0.920. The van der Waals surface area contributed by atoms with Gasteiger partial charge in [-0.1, -0.05) is 6.92 Å². The van der Waals surface area contributed by atoms with E-state index in [1.807, 2.05) is 0 Å². The number of hydrogen-bond acceptors (Lipinski definition) is 3. The third-order valence-electron chi connectivity index (χ3n) is 2.92. The van der Waals surface area contributed by atoms with Crippen LogP contribution in [0.25, 0.3) is 0 Å². The normalized spacial score (nSPS) is 19.8. The molecule has 0 aliphatic carbocycles. The maximum Gasteiger partial charge on any atom is 0.0900 e. The maximum atomic E-state index is 10.2. The highest BCUT2D eigenvalue weighted by Crippen LogP contribution is 1.88. The molecular formula is C10H20N2O2. The van der Waals surface area contributed by atoms with Crippen LogP contribution in [0.3, 0.4) is 0 Å². The van der Waals surface area contributed by atoms with Crippen molar-refractivity contribution in [3.63, 3.8) is 0 Å². The van der Waals surface area contributed by atoms with Gasteiger partial charge in [0.15, 0.2) is 0 Å². The summed E-state index contributed by atoms with van der Waals surface area (Å²) >= 11 is 0. The summed E-state index contributed by atoms with van der Waals surface area (Å²) in [5.41, 5.74) is 0. The molecule has 0 saturated carbocycles. The fraction of sp³-hybridized carbons (Fsp3) is 0.900. The van der Waals surface area contributed by atoms with Gasteiger partial charge in [0.25, 0.3) is 0 Å². The lowest BCUT2D eigenvalue weighted by Crippen LogP contribution is -3.14. The monoisotopic (exact) mass is 200 g/mol. The van der Waals surface area contributed by atoms with E-state index < -0.39 is 5.97 Å². The van der Waals surface area contributed by atoms with Crippen LogP contribution < -0.4 is 10.0 Å². The number of hydrogen-bond donors (Lipinski definition) is 1. The summed E-state index contributed by atoms with van der Waals surface area (Å²) in [5, 5.41) is 10.2. The number of nitrogens with zero attached hydrogens (tertiary/aromatic N) is 1. The van der Waals surface area contributed by atoms with Crippen molar-refractivity contribution in [2.75, 3.05) is 39.3 Å². The fourth-order valence-corrected chi connectivity index (χ4v) is 1.92. The number of likely N-dealkylation sites (N-methyl/N-ethyl adjacent to an activating group) is 1. The summed E-state index contributed by atoms with van der Waals surface area (Å²) in [6.07, 6.45) is 0.963. The van der Waals surface area contributed by atoms with Gasteiger partial charge in [0.1, 0.15) is 0 Å².